The second-order valence-corrected chi connectivity index (χ2v) is 12.0. The maximum absolute atomic E-state index is 12.3. The average Bonchev–Trinajstić information content (AvgIpc) is 2.95. The van der Waals surface area contributed by atoms with Crippen LogP contribution in [0.3, 0.4) is 0 Å². The lowest BCUT2D eigenvalue weighted by Gasteiger charge is -2.35. The number of aliphatic hydroxyl groups excluding tert-OH is 1. The standard InChI is InChI=1S/C31H54N2O6/c1-4-36-30(34)24-20-25(31(35)37-5-2)22-29(21-24)39-19-9-7-6-8-18-38-28-16-14-27(15-17-28)33-32-26-12-10-23(3)11-13-26/h4,23-30,34H,1,5-22H2,2-3H3. The predicted octanol–water partition coefficient (Wildman–Crippen LogP) is 6.75. The average molecular weight is 551 g/mol. The molecule has 8 heteroatoms. The van der Waals surface area contributed by atoms with E-state index in [2.05, 4.69) is 18.6 Å². The third kappa shape index (κ3) is 11.9. The normalized spacial score (nSPS) is 32.5. The molecule has 0 spiro atoms. The molecule has 4 unspecified atom stereocenters. The number of nitrogens with zero attached hydrogens (tertiary/aromatic N) is 2. The van der Waals surface area contributed by atoms with Crippen molar-refractivity contribution < 1.29 is 28.8 Å². The third-order valence-corrected chi connectivity index (χ3v) is 8.73. The van der Waals surface area contributed by atoms with Gasteiger partial charge < -0.3 is 24.1 Å². The molecule has 8 nitrogen and oxygen atoms in total. The fourth-order valence-corrected chi connectivity index (χ4v) is 6.27. The van der Waals surface area contributed by atoms with E-state index < -0.39 is 6.29 Å². The van der Waals surface area contributed by atoms with Crippen LogP contribution in [0.15, 0.2) is 23.1 Å². The molecule has 224 valence electrons. The van der Waals surface area contributed by atoms with Crippen molar-refractivity contribution in [1.29, 1.82) is 0 Å². The Bertz CT molecular complexity index is 718. The van der Waals surface area contributed by atoms with Gasteiger partial charge in [0.2, 0.25) is 0 Å². The summed E-state index contributed by atoms with van der Waals surface area (Å²) in [6, 6.07) is 0.862. The Morgan fingerprint density at radius 1 is 0.872 bits per heavy atom. The number of carbonyl (C=O) groups is 1. The highest BCUT2D eigenvalue weighted by Gasteiger charge is 2.38. The van der Waals surface area contributed by atoms with Crippen LogP contribution in [-0.2, 0) is 23.7 Å². The lowest BCUT2D eigenvalue weighted by atomic mass is 9.79. The number of rotatable bonds is 16. The fourth-order valence-electron chi connectivity index (χ4n) is 6.27. The van der Waals surface area contributed by atoms with Gasteiger partial charge in [0, 0.05) is 19.1 Å². The first-order valence-corrected chi connectivity index (χ1v) is 15.7. The summed E-state index contributed by atoms with van der Waals surface area (Å²) < 4.78 is 22.7. The van der Waals surface area contributed by atoms with Crippen LogP contribution < -0.4 is 0 Å². The quantitative estimate of drug-likeness (QED) is 0.0750. The van der Waals surface area contributed by atoms with Gasteiger partial charge in [0.25, 0.3) is 0 Å². The van der Waals surface area contributed by atoms with Crippen molar-refractivity contribution in [2.45, 2.75) is 141 Å². The molecule has 0 aromatic heterocycles. The highest BCUT2D eigenvalue weighted by molar-refractivity contribution is 5.72. The van der Waals surface area contributed by atoms with E-state index in [1.165, 1.54) is 31.9 Å². The molecule has 0 bridgehead atoms. The Hall–Kier alpha value is -1.51. The van der Waals surface area contributed by atoms with Gasteiger partial charge in [-0.15, -0.1) is 0 Å². The van der Waals surface area contributed by atoms with Gasteiger partial charge >= 0.3 is 5.97 Å². The molecule has 1 N–H and O–H groups in total. The van der Waals surface area contributed by atoms with Gasteiger partial charge in [0.15, 0.2) is 6.29 Å². The number of carbonyl (C=O) groups excluding carboxylic acids is 1. The molecule has 3 fully saturated rings. The predicted molar refractivity (Wildman–Crippen MR) is 151 cm³/mol. The third-order valence-electron chi connectivity index (χ3n) is 8.73. The Morgan fingerprint density at radius 3 is 2.05 bits per heavy atom. The summed E-state index contributed by atoms with van der Waals surface area (Å²) in [5, 5.41) is 19.6. The van der Waals surface area contributed by atoms with Crippen molar-refractivity contribution in [2.75, 3.05) is 19.8 Å². The minimum atomic E-state index is -0.976. The maximum atomic E-state index is 12.3. The second kappa shape index (κ2) is 18.0. The summed E-state index contributed by atoms with van der Waals surface area (Å²) in [5.41, 5.74) is 0. The molecule has 3 aliphatic rings. The van der Waals surface area contributed by atoms with Crippen LogP contribution in [0.5, 0.6) is 0 Å². The van der Waals surface area contributed by atoms with E-state index in [9.17, 15) is 9.90 Å². The van der Waals surface area contributed by atoms with E-state index in [-0.39, 0.29) is 23.9 Å². The van der Waals surface area contributed by atoms with Crippen LogP contribution in [0.4, 0.5) is 0 Å². The molecule has 0 saturated heterocycles. The molecule has 4 atom stereocenters. The van der Waals surface area contributed by atoms with Crippen LogP contribution in [-0.4, -0.2) is 61.5 Å². The van der Waals surface area contributed by atoms with Crippen molar-refractivity contribution in [2.24, 2.45) is 28.0 Å². The van der Waals surface area contributed by atoms with E-state index in [1.807, 2.05) is 6.92 Å². The molecule has 0 amide bonds. The Labute approximate surface area is 236 Å². The molecular formula is C31H54N2O6. The highest BCUT2D eigenvalue weighted by Crippen LogP contribution is 2.34. The maximum Gasteiger partial charge on any atom is 0.309 e. The Morgan fingerprint density at radius 2 is 1.46 bits per heavy atom. The van der Waals surface area contributed by atoms with Gasteiger partial charge in [0.1, 0.15) is 0 Å². The van der Waals surface area contributed by atoms with Crippen molar-refractivity contribution in [3.63, 3.8) is 0 Å². The number of esters is 1. The summed E-state index contributed by atoms with van der Waals surface area (Å²) in [5.74, 6) is 0.201. The van der Waals surface area contributed by atoms with Crippen LogP contribution in [0, 0.1) is 17.8 Å². The number of aliphatic hydroxyl groups is 1. The minimum absolute atomic E-state index is 0.0782. The van der Waals surface area contributed by atoms with Gasteiger partial charge in [0.05, 0.1) is 43.1 Å². The zero-order valence-electron chi connectivity index (χ0n) is 24.5. The monoisotopic (exact) mass is 550 g/mol. The number of ether oxygens (including phenoxy) is 4. The van der Waals surface area contributed by atoms with Gasteiger partial charge in [-0.1, -0.05) is 26.3 Å². The van der Waals surface area contributed by atoms with Crippen molar-refractivity contribution >= 4 is 5.97 Å². The first-order chi connectivity index (χ1) is 19.0. The first kappa shape index (κ1) is 32.0. The first-order valence-electron chi connectivity index (χ1n) is 15.7. The van der Waals surface area contributed by atoms with Crippen molar-refractivity contribution in [3.8, 4) is 0 Å². The highest BCUT2D eigenvalue weighted by atomic mass is 16.6. The molecular weight excluding hydrogens is 496 g/mol. The number of unbranched alkanes of at least 4 members (excludes halogenated alkanes) is 3. The SMILES string of the molecule is C=COC(O)C1CC(OCCCCCCOC2CCC(N=NC3CCC(C)CC3)CC2)CC(C(=O)OCC)C1. The molecule has 0 radical (unpaired) electrons. The molecule has 0 aromatic rings. The molecule has 0 heterocycles. The van der Waals surface area contributed by atoms with E-state index in [0.29, 0.717) is 50.7 Å². The Kier molecular flexibility index (Phi) is 14.8. The number of hydrogen-bond donors (Lipinski definition) is 1. The van der Waals surface area contributed by atoms with E-state index in [0.717, 1.165) is 63.9 Å². The second-order valence-electron chi connectivity index (χ2n) is 12.0. The van der Waals surface area contributed by atoms with E-state index in [4.69, 9.17) is 24.1 Å². The smallest absolute Gasteiger partial charge is 0.309 e. The topological polar surface area (TPSA) is 98.9 Å². The zero-order valence-corrected chi connectivity index (χ0v) is 24.5. The Balaban J connectivity index is 1.22. The molecule has 39 heavy (non-hydrogen) atoms. The van der Waals surface area contributed by atoms with Gasteiger partial charge in [-0.2, -0.15) is 10.2 Å². The molecule has 3 saturated carbocycles. The molecule has 0 aromatic carbocycles. The number of azo groups is 1. The number of hydrogen-bond acceptors (Lipinski definition) is 8. The van der Waals surface area contributed by atoms with Crippen molar-refractivity contribution in [1.82, 2.24) is 0 Å². The van der Waals surface area contributed by atoms with Crippen LogP contribution >= 0.6 is 0 Å². The summed E-state index contributed by atoms with van der Waals surface area (Å²) in [6.07, 6.45) is 16.1. The van der Waals surface area contributed by atoms with E-state index in [1.54, 1.807) is 0 Å². The van der Waals surface area contributed by atoms with Gasteiger partial charge in [-0.25, -0.2) is 0 Å². The van der Waals surface area contributed by atoms with Crippen LogP contribution in [0.1, 0.15) is 110 Å². The zero-order chi connectivity index (χ0) is 27.9. The molecule has 3 rings (SSSR count). The van der Waals surface area contributed by atoms with Gasteiger partial charge in [-0.05, 0) is 96.3 Å². The molecule has 0 aliphatic heterocycles. The van der Waals surface area contributed by atoms with E-state index >= 15 is 0 Å². The summed E-state index contributed by atoms with van der Waals surface area (Å²) in [7, 11) is 0. The lowest BCUT2D eigenvalue weighted by Crippen LogP contribution is -2.38. The minimum Gasteiger partial charge on any atom is -0.473 e. The van der Waals surface area contributed by atoms with Crippen LogP contribution in [0.25, 0.3) is 0 Å². The fraction of sp³-hybridized carbons (Fsp3) is 0.903. The lowest BCUT2D eigenvalue weighted by molar-refractivity contribution is -0.159. The summed E-state index contributed by atoms with van der Waals surface area (Å²) >= 11 is 0. The summed E-state index contributed by atoms with van der Waals surface area (Å²) in [6.45, 7) is 9.51. The molecule has 3 aliphatic carbocycles. The van der Waals surface area contributed by atoms with Crippen LogP contribution in [0.2, 0.25) is 0 Å². The van der Waals surface area contributed by atoms with Gasteiger partial charge in [-0.3, -0.25) is 4.79 Å². The largest absolute Gasteiger partial charge is 0.473 e. The van der Waals surface area contributed by atoms with Crippen molar-refractivity contribution in [3.05, 3.63) is 12.8 Å². The summed E-state index contributed by atoms with van der Waals surface area (Å²) in [4.78, 5) is 12.3.